The average Bonchev–Trinajstić information content (AvgIpc) is 3.19. The lowest BCUT2D eigenvalue weighted by atomic mass is 9.67. The number of aromatic nitrogens is 1. The SMILES string of the molecule is CC(=O)N(N=C(N)N)[C@](CC1CCCNC1)(c1cc[nH]c(=O)c1NS(=O)(=O)Cc1ccccc1)C(O)(C(=O)OCc1ccccc1)C(=O)OCc1ccccc1. The Labute approximate surface area is 323 Å². The number of nitrogens with zero attached hydrogens (tertiary/aromatic N) is 2. The minimum Gasteiger partial charge on any atom is -0.458 e. The molecule has 0 bridgehead atoms. The number of carbonyl (C=O) groups is 3. The number of anilines is 1. The third-order valence-corrected chi connectivity index (χ3v) is 10.6. The lowest BCUT2D eigenvalue weighted by molar-refractivity contribution is -0.210. The van der Waals surface area contributed by atoms with E-state index in [9.17, 15) is 32.7 Å². The maximum atomic E-state index is 14.8. The molecule has 0 radical (unpaired) electrons. The van der Waals surface area contributed by atoms with Crippen LogP contribution in [-0.2, 0) is 58.4 Å². The van der Waals surface area contributed by atoms with Crippen molar-refractivity contribution in [2.24, 2.45) is 22.5 Å². The summed E-state index contributed by atoms with van der Waals surface area (Å²) in [6.45, 7) is 0.970. The van der Waals surface area contributed by atoms with Gasteiger partial charge < -0.3 is 36.3 Å². The van der Waals surface area contributed by atoms with Crippen molar-refractivity contribution in [2.45, 2.75) is 56.3 Å². The fraction of sp³-hybridized carbons (Fsp3) is 0.308. The van der Waals surface area contributed by atoms with Gasteiger partial charge in [-0.3, -0.25) is 14.3 Å². The van der Waals surface area contributed by atoms with Gasteiger partial charge in [0.15, 0.2) is 0 Å². The lowest BCUT2D eigenvalue weighted by Crippen LogP contribution is -2.71. The monoisotopic (exact) mass is 787 g/mol. The van der Waals surface area contributed by atoms with Gasteiger partial charge in [0.05, 0.1) is 5.75 Å². The molecule has 0 spiro atoms. The van der Waals surface area contributed by atoms with Gasteiger partial charge in [-0.25, -0.2) is 23.0 Å². The number of guanidine groups is 1. The van der Waals surface area contributed by atoms with Gasteiger partial charge in [-0.1, -0.05) is 91.0 Å². The van der Waals surface area contributed by atoms with Crippen molar-refractivity contribution in [3.8, 4) is 0 Å². The number of nitrogens with two attached hydrogens (primary N) is 2. The first kappa shape index (κ1) is 41.1. The van der Waals surface area contributed by atoms with Crippen molar-refractivity contribution in [3.63, 3.8) is 0 Å². The van der Waals surface area contributed by atoms with E-state index >= 15 is 0 Å². The van der Waals surface area contributed by atoms with Gasteiger partial charge in [-0.2, -0.15) is 0 Å². The Kier molecular flexibility index (Phi) is 13.3. The number of rotatable bonds is 16. The second kappa shape index (κ2) is 18.1. The average molecular weight is 788 g/mol. The Hall–Kier alpha value is -6.04. The van der Waals surface area contributed by atoms with Crippen LogP contribution in [-0.4, -0.2) is 66.0 Å². The van der Waals surface area contributed by atoms with Gasteiger partial charge in [0.2, 0.25) is 21.9 Å². The topological polar surface area (TPSA) is 249 Å². The van der Waals surface area contributed by atoms with E-state index in [1.165, 1.54) is 0 Å². The summed E-state index contributed by atoms with van der Waals surface area (Å²) in [6, 6.07) is 26.0. The number of hydrazone groups is 1. The Morgan fingerprint density at radius 3 is 1.91 bits per heavy atom. The van der Waals surface area contributed by atoms with Crippen molar-refractivity contribution in [1.29, 1.82) is 0 Å². The molecule has 1 saturated heterocycles. The zero-order valence-electron chi connectivity index (χ0n) is 30.7. The molecular formula is C39H45N7O9S. The molecule has 2 heterocycles. The smallest absolute Gasteiger partial charge is 0.353 e. The van der Waals surface area contributed by atoms with E-state index in [-0.39, 0.29) is 6.54 Å². The molecular weight excluding hydrogens is 743 g/mol. The number of ether oxygens (including phenoxy) is 2. The van der Waals surface area contributed by atoms with Gasteiger partial charge >= 0.3 is 11.9 Å². The second-order valence-electron chi connectivity index (χ2n) is 13.4. The largest absolute Gasteiger partial charge is 0.458 e. The number of H-pyrrole nitrogens is 1. The maximum Gasteiger partial charge on any atom is 0.353 e. The zero-order chi connectivity index (χ0) is 40.3. The van der Waals surface area contributed by atoms with Crippen LogP contribution >= 0.6 is 0 Å². The molecule has 1 amide bonds. The van der Waals surface area contributed by atoms with Crippen LogP contribution in [0.5, 0.6) is 0 Å². The minimum absolute atomic E-state index is 0.252. The Balaban J connectivity index is 1.82. The van der Waals surface area contributed by atoms with Crippen molar-refractivity contribution in [2.75, 3.05) is 17.8 Å². The second-order valence-corrected chi connectivity index (χ2v) is 15.1. The van der Waals surface area contributed by atoms with Crippen LogP contribution in [0.25, 0.3) is 0 Å². The predicted octanol–water partition coefficient (Wildman–Crippen LogP) is 2.16. The normalized spacial score (nSPS) is 15.4. The minimum atomic E-state index is -4.46. The molecule has 1 aliphatic rings. The summed E-state index contributed by atoms with van der Waals surface area (Å²) in [5.41, 5.74) is 4.40. The summed E-state index contributed by atoms with van der Waals surface area (Å²) in [5.74, 6) is -6.10. The molecule has 1 aliphatic heterocycles. The van der Waals surface area contributed by atoms with Crippen LogP contribution < -0.4 is 27.1 Å². The Morgan fingerprint density at radius 1 is 0.893 bits per heavy atom. The number of aliphatic hydroxyl groups is 1. The number of aromatic amines is 1. The molecule has 16 nitrogen and oxygen atoms in total. The molecule has 8 N–H and O–H groups in total. The molecule has 17 heteroatoms. The number of pyridine rings is 1. The number of esters is 2. The van der Waals surface area contributed by atoms with Crippen LogP contribution in [0.15, 0.2) is 113 Å². The highest BCUT2D eigenvalue weighted by Gasteiger charge is 2.69. The van der Waals surface area contributed by atoms with E-state index in [0.717, 1.165) is 19.2 Å². The number of nitrogens with one attached hydrogen (secondary N) is 3. The van der Waals surface area contributed by atoms with Crippen molar-refractivity contribution in [1.82, 2.24) is 15.3 Å². The van der Waals surface area contributed by atoms with Gasteiger partial charge in [-0.15, -0.1) is 5.10 Å². The van der Waals surface area contributed by atoms with Gasteiger partial charge in [0, 0.05) is 18.7 Å². The van der Waals surface area contributed by atoms with Crippen LogP contribution in [0.2, 0.25) is 0 Å². The van der Waals surface area contributed by atoms with Gasteiger partial charge in [-0.05, 0) is 61.0 Å². The van der Waals surface area contributed by atoms with Gasteiger partial charge in [0.25, 0.3) is 11.2 Å². The molecule has 296 valence electrons. The quantitative estimate of drug-likeness (QED) is 0.0315. The molecule has 1 fully saturated rings. The number of amides is 1. The van der Waals surface area contributed by atoms with Gasteiger partial charge in [0.1, 0.15) is 24.4 Å². The molecule has 1 unspecified atom stereocenters. The molecule has 4 aromatic rings. The van der Waals surface area contributed by atoms with Crippen LogP contribution in [0, 0.1) is 5.92 Å². The lowest BCUT2D eigenvalue weighted by Gasteiger charge is -2.50. The van der Waals surface area contributed by atoms with E-state index in [0.29, 0.717) is 41.1 Å². The van der Waals surface area contributed by atoms with Crippen molar-refractivity contribution in [3.05, 3.63) is 136 Å². The van der Waals surface area contributed by atoms with Crippen molar-refractivity contribution < 1.29 is 37.4 Å². The van der Waals surface area contributed by atoms with Crippen molar-refractivity contribution >= 4 is 39.5 Å². The molecule has 2 atom stereocenters. The Morgan fingerprint density at radius 2 is 1.43 bits per heavy atom. The molecule has 56 heavy (non-hydrogen) atoms. The summed E-state index contributed by atoms with van der Waals surface area (Å²) in [5, 5.41) is 21.1. The summed E-state index contributed by atoms with van der Waals surface area (Å²) >= 11 is 0. The van der Waals surface area contributed by atoms with E-state index in [4.69, 9.17) is 20.9 Å². The standard InChI is InChI=1S/C39H45N7O9S/c1-27(47)46(44-37(40)41)38(22-31-18-11-20-42-23-31,32-19-21-43-34(48)33(32)45-56(52,53)26-30-16-9-4-10-17-30)39(51,35(49)54-24-28-12-5-2-6-13-28)36(50)55-25-29-14-7-3-8-15-29/h2-10,12-17,19,21,31,42,45,51H,11,18,20,22-26H2,1H3,(H,43,48)(H4,40,41,44)/t31?,38-/m1/s1. The molecule has 5 rings (SSSR count). The highest BCUT2D eigenvalue weighted by atomic mass is 32.2. The van der Waals surface area contributed by atoms with E-state index in [1.807, 2.05) is 0 Å². The van der Waals surface area contributed by atoms with Crippen LogP contribution in [0.3, 0.4) is 0 Å². The third-order valence-electron chi connectivity index (χ3n) is 9.34. The van der Waals surface area contributed by atoms with E-state index < -0.39 is 93.1 Å². The molecule has 3 aromatic carbocycles. The first-order valence-electron chi connectivity index (χ1n) is 17.8. The summed E-state index contributed by atoms with van der Waals surface area (Å²) in [6.07, 6.45) is 1.66. The summed E-state index contributed by atoms with van der Waals surface area (Å²) in [7, 11) is -4.46. The highest BCUT2D eigenvalue weighted by Crippen LogP contribution is 2.49. The first-order valence-corrected chi connectivity index (χ1v) is 19.4. The summed E-state index contributed by atoms with van der Waals surface area (Å²) in [4.78, 5) is 59.9. The predicted molar refractivity (Wildman–Crippen MR) is 207 cm³/mol. The zero-order valence-corrected chi connectivity index (χ0v) is 31.5. The maximum absolute atomic E-state index is 14.8. The number of benzene rings is 3. The summed E-state index contributed by atoms with van der Waals surface area (Å²) < 4.78 is 41.4. The fourth-order valence-electron chi connectivity index (χ4n) is 6.85. The van der Waals surface area contributed by atoms with Crippen LogP contribution in [0.1, 0.15) is 48.4 Å². The number of carbonyl (C=O) groups excluding carboxylic acids is 3. The van der Waals surface area contributed by atoms with Crippen LogP contribution in [0.4, 0.5) is 5.69 Å². The number of piperidine rings is 1. The van der Waals surface area contributed by atoms with E-state index in [2.05, 4.69) is 20.1 Å². The fourth-order valence-corrected chi connectivity index (χ4v) is 8.07. The highest BCUT2D eigenvalue weighted by molar-refractivity contribution is 7.91. The number of hydrogen-bond acceptors (Lipinski definition) is 11. The third kappa shape index (κ3) is 9.42. The number of sulfonamides is 1. The molecule has 0 saturated carbocycles. The number of hydrogen-bond donors (Lipinski definition) is 6. The van der Waals surface area contributed by atoms with E-state index in [1.54, 1.807) is 91.0 Å². The Bertz CT molecular complexity index is 2120. The molecule has 0 aliphatic carbocycles. The first-order chi connectivity index (χ1) is 26.8. The molecule has 1 aromatic heterocycles.